The highest BCUT2D eigenvalue weighted by Gasteiger charge is 2.32. The minimum Gasteiger partial charge on any atom is -0.474 e. The van der Waals surface area contributed by atoms with Crippen molar-refractivity contribution in [1.82, 2.24) is 10.3 Å². The van der Waals surface area contributed by atoms with Crippen LogP contribution in [0.25, 0.3) is 0 Å². The van der Waals surface area contributed by atoms with Crippen LogP contribution in [0.15, 0.2) is 42.6 Å². The Hall–Kier alpha value is -2.89. The number of rotatable bonds is 6. The van der Waals surface area contributed by atoms with Crippen LogP contribution < -0.4 is 10.1 Å². The number of aromatic nitrogens is 1. The van der Waals surface area contributed by atoms with Gasteiger partial charge in [-0.15, -0.1) is 0 Å². The Kier molecular flexibility index (Phi) is 5.05. The van der Waals surface area contributed by atoms with E-state index >= 15 is 0 Å². The fourth-order valence-corrected chi connectivity index (χ4v) is 3.63. The minimum atomic E-state index is -0.531. The van der Waals surface area contributed by atoms with Crippen molar-refractivity contribution in [3.63, 3.8) is 0 Å². The lowest BCUT2D eigenvalue weighted by Gasteiger charge is -2.16. The van der Waals surface area contributed by atoms with E-state index in [1.165, 1.54) is 12.8 Å². The van der Waals surface area contributed by atoms with Crippen LogP contribution in [0.2, 0.25) is 0 Å². The first-order valence-corrected chi connectivity index (χ1v) is 9.38. The van der Waals surface area contributed by atoms with Gasteiger partial charge in [0.15, 0.2) is 0 Å². The van der Waals surface area contributed by atoms with E-state index < -0.39 is 6.10 Å². The van der Waals surface area contributed by atoms with Gasteiger partial charge < -0.3 is 14.8 Å². The smallest absolute Gasteiger partial charge is 0.339 e. The number of carbonyl (C=O) groups excluding carboxylic acids is 2. The highest BCUT2D eigenvalue weighted by Crippen LogP contribution is 2.32. The van der Waals surface area contributed by atoms with Gasteiger partial charge in [-0.25, -0.2) is 9.78 Å². The molecule has 1 N–H and O–H groups in total. The maximum atomic E-state index is 12.4. The molecular formula is C21H22N2O4. The number of fused-ring (bicyclic) bond motifs is 1. The van der Waals surface area contributed by atoms with Gasteiger partial charge in [0.05, 0.1) is 12.0 Å². The summed E-state index contributed by atoms with van der Waals surface area (Å²) >= 11 is 0. The number of amides is 1. The Morgan fingerprint density at radius 3 is 2.85 bits per heavy atom. The standard InChI is InChI=1S/C21H22N2O4/c24-19(12-18-16-9-3-4-10-17(16)21(25)27-18)23-13-14-6-5-11-22-20(14)26-15-7-1-2-8-15/h3-6,9-11,15,18H,1-2,7-8,12-13H2,(H,23,24)/t18-/m1/s1. The third-order valence-electron chi connectivity index (χ3n) is 5.05. The van der Waals surface area contributed by atoms with Crippen molar-refractivity contribution in [1.29, 1.82) is 0 Å². The van der Waals surface area contributed by atoms with E-state index in [1.807, 2.05) is 24.3 Å². The molecule has 0 saturated heterocycles. The molecule has 1 fully saturated rings. The number of benzene rings is 1. The number of hydrogen-bond acceptors (Lipinski definition) is 5. The average Bonchev–Trinajstić information content (AvgIpc) is 3.30. The first kappa shape index (κ1) is 17.5. The molecule has 6 heteroatoms. The van der Waals surface area contributed by atoms with Gasteiger partial charge >= 0.3 is 5.97 Å². The highest BCUT2D eigenvalue weighted by atomic mass is 16.5. The van der Waals surface area contributed by atoms with Gasteiger partial charge in [-0.3, -0.25) is 4.79 Å². The van der Waals surface area contributed by atoms with Crippen molar-refractivity contribution in [3.8, 4) is 5.88 Å². The number of nitrogens with one attached hydrogen (secondary N) is 1. The van der Waals surface area contributed by atoms with Crippen LogP contribution >= 0.6 is 0 Å². The van der Waals surface area contributed by atoms with Gasteiger partial charge in [-0.1, -0.05) is 24.3 Å². The molecule has 1 aromatic carbocycles. The molecule has 2 aromatic rings. The van der Waals surface area contributed by atoms with Crippen molar-refractivity contribution in [2.75, 3.05) is 0 Å². The highest BCUT2D eigenvalue weighted by molar-refractivity contribution is 5.94. The summed E-state index contributed by atoms with van der Waals surface area (Å²) in [4.78, 5) is 28.6. The second-order valence-corrected chi connectivity index (χ2v) is 6.95. The third-order valence-corrected chi connectivity index (χ3v) is 5.05. The van der Waals surface area contributed by atoms with E-state index in [4.69, 9.17) is 9.47 Å². The summed E-state index contributed by atoms with van der Waals surface area (Å²) in [6.45, 7) is 0.330. The van der Waals surface area contributed by atoms with Crippen molar-refractivity contribution in [2.24, 2.45) is 0 Å². The molecule has 1 aliphatic carbocycles. The van der Waals surface area contributed by atoms with Gasteiger partial charge in [-0.2, -0.15) is 0 Å². The molecule has 1 aliphatic heterocycles. The molecule has 4 rings (SSSR count). The van der Waals surface area contributed by atoms with E-state index in [-0.39, 0.29) is 24.4 Å². The minimum absolute atomic E-state index is 0.0990. The first-order chi connectivity index (χ1) is 13.2. The zero-order valence-corrected chi connectivity index (χ0v) is 15.0. The van der Waals surface area contributed by atoms with E-state index in [2.05, 4.69) is 10.3 Å². The van der Waals surface area contributed by atoms with E-state index in [0.29, 0.717) is 18.0 Å². The van der Waals surface area contributed by atoms with Crippen LogP contribution in [0.1, 0.15) is 59.7 Å². The lowest BCUT2D eigenvalue weighted by Crippen LogP contribution is -2.25. The Morgan fingerprint density at radius 1 is 1.19 bits per heavy atom. The molecule has 6 nitrogen and oxygen atoms in total. The second kappa shape index (κ2) is 7.78. The molecule has 0 unspecified atom stereocenters. The third kappa shape index (κ3) is 3.94. The largest absolute Gasteiger partial charge is 0.474 e. The molecule has 0 bridgehead atoms. The SMILES string of the molecule is O=C(C[C@H]1OC(=O)c2ccccc21)NCc1cccnc1OC1CCCC1. The number of cyclic esters (lactones) is 1. The summed E-state index contributed by atoms with van der Waals surface area (Å²) in [5.74, 6) is 0.0328. The Balaban J connectivity index is 1.36. The van der Waals surface area contributed by atoms with E-state index in [9.17, 15) is 9.59 Å². The number of pyridine rings is 1. The zero-order valence-electron chi connectivity index (χ0n) is 15.0. The fourth-order valence-electron chi connectivity index (χ4n) is 3.63. The molecular weight excluding hydrogens is 344 g/mol. The fraction of sp³-hybridized carbons (Fsp3) is 0.381. The molecule has 1 atom stereocenters. The molecule has 27 heavy (non-hydrogen) atoms. The maximum Gasteiger partial charge on any atom is 0.339 e. The van der Waals surface area contributed by atoms with Gasteiger partial charge in [0, 0.05) is 23.9 Å². The summed E-state index contributed by atoms with van der Waals surface area (Å²) in [5.41, 5.74) is 2.15. The normalized spacial score (nSPS) is 18.8. The molecule has 1 saturated carbocycles. The van der Waals surface area contributed by atoms with Crippen molar-refractivity contribution >= 4 is 11.9 Å². The van der Waals surface area contributed by atoms with Crippen molar-refractivity contribution in [3.05, 3.63) is 59.3 Å². The summed E-state index contributed by atoms with van der Waals surface area (Å²) in [7, 11) is 0. The number of hydrogen-bond donors (Lipinski definition) is 1. The molecule has 2 aliphatic rings. The molecule has 140 valence electrons. The maximum absolute atomic E-state index is 12.4. The summed E-state index contributed by atoms with van der Waals surface area (Å²) in [6.07, 6.45) is 5.95. The average molecular weight is 366 g/mol. The summed E-state index contributed by atoms with van der Waals surface area (Å²) in [5, 5.41) is 2.89. The van der Waals surface area contributed by atoms with Gasteiger partial charge in [0.2, 0.25) is 11.8 Å². The molecule has 1 amide bonds. The predicted molar refractivity (Wildman–Crippen MR) is 98.2 cm³/mol. The quantitative estimate of drug-likeness (QED) is 0.794. The van der Waals surface area contributed by atoms with Crippen molar-refractivity contribution < 1.29 is 19.1 Å². The molecule has 0 spiro atoms. The van der Waals surface area contributed by atoms with Gasteiger partial charge in [0.25, 0.3) is 0 Å². The lowest BCUT2D eigenvalue weighted by molar-refractivity contribution is -0.123. The number of esters is 1. The lowest BCUT2D eigenvalue weighted by atomic mass is 10.0. The summed E-state index contributed by atoms with van der Waals surface area (Å²) in [6, 6.07) is 10.9. The van der Waals surface area contributed by atoms with Gasteiger partial charge in [0.1, 0.15) is 12.2 Å². The Bertz CT molecular complexity index is 846. The van der Waals surface area contributed by atoms with Crippen LogP contribution in [0.3, 0.4) is 0 Å². The van der Waals surface area contributed by atoms with Crippen molar-refractivity contribution in [2.45, 2.75) is 50.9 Å². The predicted octanol–water partition coefficient (Wildman–Crippen LogP) is 3.32. The summed E-state index contributed by atoms with van der Waals surface area (Å²) < 4.78 is 11.3. The van der Waals surface area contributed by atoms with E-state index in [0.717, 1.165) is 24.0 Å². The molecule has 1 aromatic heterocycles. The first-order valence-electron chi connectivity index (χ1n) is 9.38. The zero-order chi connectivity index (χ0) is 18.6. The monoisotopic (exact) mass is 366 g/mol. The molecule has 0 radical (unpaired) electrons. The van der Waals surface area contributed by atoms with E-state index in [1.54, 1.807) is 18.3 Å². The van der Waals surface area contributed by atoms with Crippen LogP contribution in [0.4, 0.5) is 0 Å². The number of carbonyl (C=O) groups is 2. The van der Waals surface area contributed by atoms with Crippen LogP contribution in [0, 0.1) is 0 Å². The Labute approximate surface area is 157 Å². The topological polar surface area (TPSA) is 77.5 Å². The van der Waals surface area contributed by atoms with Crippen LogP contribution in [-0.2, 0) is 16.1 Å². The molecule has 2 heterocycles. The van der Waals surface area contributed by atoms with Crippen LogP contribution in [0.5, 0.6) is 5.88 Å². The number of nitrogens with zero attached hydrogens (tertiary/aromatic N) is 1. The van der Waals surface area contributed by atoms with Gasteiger partial charge in [-0.05, 0) is 37.8 Å². The Morgan fingerprint density at radius 2 is 2.00 bits per heavy atom. The number of ether oxygens (including phenoxy) is 2. The second-order valence-electron chi connectivity index (χ2n) is 6.95. The van der Waals surface area contributed by atoms with Crippen LogP contribution in [-0.4, -0.2) is 23.0 Å².